The molecule has 0 heterocycles. The van der Waals surface area contributed by atoms with E-state index in [4.69, 9.17) is 28.7 Å². The summed E-state index contributed by atoms with van der Waals surface area (Å²) in [5.74, 6) is 0. The fourth-order valence-electron chi connectivity index (χ4n) is 0. The van der Waals surface area contributed by atoms with Crippen molar-refractivity contribution >= 4 is 0 Å². The molecule has 0 spiro atoms. The minimum atomic E-state index is 0. The highest BCUT2D eigenvalue weighted by Crippen LogP contribution is 1.60. The third-order valence-corrected chi connectivity index (χ3v) is 0. The van der Waals surface area contributed by atoms with Crippen LogP contribution in [0.15, 0.2) is 0 Å². The first-order valence-corrected chi connectivity index (χ1v) is 26.8. The van der Waals surface area contributed by atoms with Gasteiger partial charge in [-0.05, 0) is 32.7 Å². The Balaban J connectivity index is -0.0000000112. The van der Waals surface area contributed by atoms with Gasteiger partial charge in [-0.25, -0.2) is 0 Å². The van der Waals surface area contributed by atoms with Crippen LogP contribution in [0.5, 0.6) is 0 Å². The summed E-state index contributed by atoms with van der Waals surface area (Å²) in [6, 6.07) is 0. The number of nitrogens with two attached hydrogens (primary N) is 5. The Labute approximate surface area is 435 Å². The topological polar surface area (TPSA) is 130 Å². The Morgan fingerprint density at radius 1 is 0.123 bits per heavy atom. The fourth-order valence-corrected chi connectivity index (χ4v) is 0. The van der Waals surface area contributed by atoms with Gasteiger partial charge in [0.25, 0.3) is 0 Å². The van der Waals surface area contributed by atoms with Gasteiger partial charge in [-0.2, -0.15) is 0 Å². The van der Waals surface area contributed by atoms with Gasteiger partial charge < -0.3 is 28.7 Å². The fraction of sp³-hybridized carbons (Fsp3) is 1.00. The van der Waals surface area contributed by atoms with Gasteiger partial charge >= 0.3 is 0 Å². The quantitative estimate of drug-likeness (QED) is 0.165. The summed E-state index contributed by atoms with van der Waals surface area (Å²) >= 11 is 0. The number of hydrogen-bond donors (Lipinski definition) is 5. The maximum absolute atomic E-state index is 4.85. The SMILES string of the molecule is C.C.C.C.C.CCC.CCC.CCC.CCC.CCC.CCC.CCC.CCC.CCC.CCC.CCC.CCC.CCC.CCC.CCC.CCN.CCN.CCN.CCN.CCN. The van der Waals surface area contributed by atoms with Crippen molar-refractivity contribution in [3.63, 3.8) is 0 Å². The predicted molar refractivity (Wildman–Crippen MR) is 347 cm³/mol. The number of rotatable bonds is 0. The van der Waals surface area contributed by atoms with E-state index in [0.29, 0.717) is 0 Å². The predicted octanol–water partition coefficient (Wildman–Crippen LogP) is 24.3. The van der Waals surface area contributed by atoms with Crippen LogP contribution in [0.2, 0.25) is 0 Å². The molecule has 0 aromatic carbocycles. The third kappa shape index (κ3) is 6090000. The second kappa shape index (κ2) is 642. The van der Waals surface area contributed by atoms with Crippen LogP contribution in [0.4, 0.5) is 0 Å². The molecule has 0 saturated carbocycles. The molecule has 0 radical (unpaired) electrons. The van der Waals surface area contributed by atoms with E-state index < -0.39 is 0 Å². The zero-order valence-corrected chi connectivity index (χ0v) is 52.0. The Morgan fingerprint density at radius 2 is 0.123 bits per heavy atom. The van der Waals surface area contributed by atoms with Crippen molar-refractivity contribution < 1.29 is 0 Å². The van der Waals surface area contributed by atoms with E-state index in [2.05, 4.69) is 208 Å². The van der Waals surface area contributed by atoms with E-state index in [-0.39, 0.29) is 37.1 Å². The maximum Gasteiger partial charge on any atom is -0.0106 e. The van der Waals surface area contributed by atoms with Crippen LogP contribution in [0.3, 0.4) is 0 Å². The zero-order chi connectivity index (χ0) is 54.1. The molecule has 5 nitrogen and oxygen atoms in total. The summed E-state index contributed by atoms with van der Waals surface area (Å²) in [6.45, 7) is 77.0. The standard InChI is InChI=1S/15C3H8.5C2H7N.5CH4/c15*1-3-2;5*1-2-3;;;;;/h15*3H2,1-2H3;5*2-3H2,1H3;5*1H4. The second-order valence-corrected chi connectivity index (χ2v) is 12.6. The molecule has 440 valence electrons. The lowest BCUT2D eigenvalue weighted by atomic mass is 10.6. The number of hydrogen-bond acceptors (Lipinski definition) is 5. The minimum absolute atomic E-state index is 0. The average molecular weight is 967 g/mol. The van der Waals surface area contributed by atoms with Crippen LogP contribution in [0.1, 0.15) is 376 Å². The molecule has 0 amide bonds. The molecule has 0 saturated heterocycles. The van der Waals surface area contributed by atoms with Gasteiger partial charge in [0.2, 0.25) is 0 Å². The van der Waals surface area contributed by atoms with Gasteiger partial charge in [-0.1, -0.05) is 376 Å². The Kier molecular flexibility index (Phi) is 1640. The van der Waals surface area contributed by atoms with Crippen molar-refractivity contribution in [3.8, 4) is 0 Å². The van der Waals surface area contributed by atoms with Crippen LogP contribution in [0.25, 0.3) is 0 Å². The summed E-state index contributed by atoms with van der Waals surface area (Å²) in [5.41, 5.74) is 24.2. The van der Waals surface area contributed by atoms with Gasteiger partial charge in [-0.3, -0.25) is 0 Å². The minimum Gasteiger partial charge on any atom is -0.331 e. The van der Waals surface area contributed by atoms with Crippen molar-refractivity contribution in [1.82, 2.24) is 0 Å². The van der Waals surface area contributed by atoms with Gasteiger partial charge in [0.15, 0.2) is 0 Å². The Morgan fingerprint density at radius 3 is 0.123 bits per heavy atom. The van der Waals surface area contributed by atoms with E-state index in [1.165, 1.54) is 96.3 Å². The van der Waals surface area contributed by atoms with Gasteiger partial charge in [-0.15, -0.1) is 0 Å². The molecule has 5 heteroatoms. The van der Waals surface area contributed by atoms with E-state index >= 15 is 0 Å². The lowest BCUT2D eigenvalue weighted by molar-refractivity contribution is 1.09. The largest absolute Gasteiger partial charge is 0.331 e. The molecule has 0 fully saturated rings. The molecule has 0 bridgehead atoms. The van der Waals surface area contributed by atoms with Crippen LogP contribution in [-0.4, -0.2) is 32.7 Å². The monoisotopic (exact) mass is 966 g/mol. The Bertz CT molecular complexity index is 112. The van der Waals surface area contributed by atoms with Crippen molar-refractivity contribution in [2.75, 3.05) is 32.7 Å². The highest BCUT2D eigenvalue weighted by Gasteiger charge is 1.40. The van der Waals surface area contributed by atoms with E-state index in [1.54, 1.807) is 0 Å². The molecule has 0 rings (SSSR count). The normalized spacial score (nSPS) is 5.54. The summed E-state index contributed by atoms with van der Waals surface area (Å²) in [7, 11) is 0. The first-order chi connectivity index (χ1) is 28.3. The molecule has 0 atom stereocenters. The first-order valence-electron chi connectivity index (χ1n) is 26.8. The molecular weight excluding hydrogens is 791 g/mol. The summed E-state index contributed by atoms with van der Waals surface area (Å²) < 4.78 is 0. The second-order valence-electron chi connectivity index (χ2n) is 12.6. The zero-order valence-electron chi connectivity index (χ0n) is 52.0. The van der Waals surface area contributed by atoms with Crippen molar-refractivity contribution in [1.29, 1.82) is 0 Å². The summed E-state index contributed by atoms with van der Waals surface area (Å²) in [4.78, 5) is 0. The van der Waals surface area contributed by atoms with Crippen molar-refractivity contribution in [3.05, 3.63) is 0 Å². The lowest BCUT2D eigenvalue weighted by Crippen LogP contribution is -1.87. The highest BCUT2D eigenvalue weighted by atomic mass is 14.5. The van der Waals surface area contributed by atoms with Crippen LogP contribution in [-0.2, 0) is 0 Å². The van der Waals surface area contributed by atoms with Gasteiger partial charge in [0.05, 0.1) is 0 Å². The van der Waals surface area contributed by atoms with Gasteiger partial charge in [0.1, 0.15) is 0 Å². The van der Waals surface area contributed by atoms with Crippen LogP contribution < -0.4 is 28.7 Å². The highest BCUT2D eigenvalue weighted by molar-refractivity contribution is 4.02. The molecule has 10 N–H and O–H groups in total. The molecule has 0 aromatic rings. The summed E-state index contributed by atoms with van der Waals surface area (Å²) in [6.07, 6.45) is 18.8. The molecule has 0 aliphatic rings. The van der Waals surface area contributed by atoms with Crippen LogP contribution in [0, 0.1) is 0 Å². The molecular formula is C60H175N5. The van der Waals surface area contributed by atoms with Crippen molar-refractivity contribution in [2.45, 2.75) is 376 Å². The lowest BCUT2D eigenvalue weighted by Gasteiger charge is -1.53. The first kappa shape index (κ1) is 167. The summed E-state index contributed by atoms with van der Waals surface area (Å²) in [5, 5.41) is 0. The van der Waals surface area contributed by atoms with E-state index in [1.807, 2.05) is 34.6 Å². The smallest absolute Gasteiger partial charge is 0.0106 e. The molecule has 65 heavy (non-hydrogen) atoms. The van der Waals surface area contributed by atoms with Gasteiger partial charge in [0, 0.05) is 0 Å². The third-order valence-electron chi connectivity index (χ3n) is 0. The average Bonchev–Trinajstić information content (AvgIpc) is 3.12. The van der Waals surface area contributed by atoms with Crippen molar-refractivity contribution in [2.24, 2.45) is 28.7 Å². The van der Waals surface area contributed by atoms with E-state index in [0.717, 1.165) is 32.7 Å². The molecule has 0 aliphatic carbocycles. The molecule has 0 aliphatic heterocycles. The maximum atomic E-state index is 4.85. The van der Waals surface area contributed by atoms with E-state index in [9.17, 15) is 0 Å². The van der Waals surface area contributed by atoms with Crippen LogP contribution >= 0.6 is 0 Å². The Hall–Kier alpha value is -0.200. The molecule has 0 aromatic heterocycles. The molecule has 0 unspecified atom stereocenters.